The quantitative estimate of drug-likeness (QED) is 0.416. The molecule has 38 heavy (non-hydrogen) atoms. The van der Waals surface area contributed by atoms with E-state index in [2.05, 4.69) is 0 Å². The summed E-state index contributed by atoms with van der Waals surface area (Å²) in [6.07, 6.45) is -0.232. The van der Waals surface area contributed by atoms with Crippen molar-refractivity contribution in [1.29, 1.82) is 0 Å². The minimum atomic E-state index is -1.27. The molecule has 1 aliphatic carbocycles. The van der Waals surface area contributed by atoms with Crippen LogP contribution in [0.2, 0.25) is 0 Å². The maximum absolute atomic E-state index is 11.3. The molecule has 8 nitrogen and oxygen atoms in total. The minimum Gasteiger partial charge on any atom is -0.496 e. The number of benzene rings is 3. The maximum atomic E-state index is 11.3. The molecule has 10 heteroatoms. The monoisotopic (exact) mass is 518 g/mol. The highest BCUT2D eigenvalue weighted by Gasteiger charge is 2.59. The van der Waals surface area contributed by atoms with Crippen molar-refractivity contribution in [3.63, 3.8) is 0 Å². The molecule has 1 heterocycles. The summed E-state index contributed by atoms with van der Waals surface area (Å²) in [4.78, 5) is 0. The fourth-order valence-electron chi connectivity index (χ4n) is 5.47. The van der Waals surface area contributed by atoms with Crippen molar-refractivity contribution in [2.45, 2.75) is 37.3 Å². The second-order valence-corrected chi connectivity index (χ2v) is 9.65. The predicted octanol–water partition coefficient (Wildman–Crippen LogP) is 2.00. The lowest BCUT2D eigenvalue weighted by Crippen LogP contribution is -2.62. The van der Waals surface area contributed by atoms with Crippen LogP contribution in [0.3, 0.4) is 0 Å². The first-order valence-corrected chi connectivity index (χ1v) is 12.7. The highest BCUT2D eigenvalue weighted by Crippen LogP contribution is 2.52. The largest absolute Gasteiger partial charge is 0.496 e. The van der Waals surface area contributed by atoms with Gasteiger partial charge in [-0.1, -0.05) is 60.7 Å². The summed E-state index contributed by atoms with van der Waals surface area (Å²) in [7, 11) is 0.697. The standard InChI is InChI=1S/C28H32B2O8/c1-27(35-16-17-36-27)28(38-30(32)21-12-8-5-9-13-21)18-22-23(33-2)14-15-24(34-3)26(22)25(19-28)37-29(31)20-10-6-4-7-11-20/h4-15,25,31-32H,16-19H2,1-3H3/t25-,28-/m0/s1. The first-order chi connectivity index (χ1) is 18.4. The van der Waals surface area contributed by atoms with Crippen LogP contribution in [0, 0.1) is 0 Å². The highest BCUT2D eigenvalue weighted by molar-refractivity contribution is 6.60. The fourth-order valence-corrected chi connectivity index (χ4v) is 5.47. The Balaban J connectivity index is 1.62. The van der Waals surface area contributed by atoms with Crippen molar-refractivity contribution < 1.29 is 38.3 Å². The van der Waals surface area contributed by atoms with Crippen LogP contribution in [-0.2, 0) is 25.2 Å². The van der Waals surface area contributed by atoms with Crippen molar-refractivity contribution in [2.75, 3.05) is 27.4 Å². The molecule has 3 aromatic carbocycles. The van der Waals surface area contributed by atoms with E-state index in [0.717, 1.165) is 11.1 Å². The molecule has 2 aliphatic rings. The molecule has 1 fully saturated rings. The molecule has 2 N–H and O–H groups in total. The van der Waals surface area contributed by atoms with Crippen molar-refractivity contribution in [3.05, 3.63) is 83.9 Å². The molecule has 0 saturated carbocycles. The number of ether oxygens (including phenoxy) is 4. The lowest BCUT2D eigenvalue weighted by Gasteiger charge is -2.50. The van der Waals surface area contributed by atoms with E-state index in [4.69, 9.17) is 28.3 Å². The Morgan fingerprint density at radius 1 is 0.789 bits per heavy atom. The van der Waals surface area contributed by atoms with Gasteiger partial charge in [-0.05, 0) is 30.0 Å². The molecule has 198 valence electrons. The molecule has 5 rings (SSSR count). The molecule has 0 amide bonds. The van der Waals surface area contributed by atoms with Gasteiger partial charge < -0.3 is 38.3 Å². The average Bonchev–Trinajstić information content (AvgIpc) is 3.41. The van der Waals surface area contributed by atoms with Gasteiger partial charge in [0.1, 0.15) is 17.1 Å². The first-order valence-electron chi connectivity index (χ1n) is 12.7. The maximum Gasteiger partial charge on any atom is 0.491 e. The summed E-state index contributed by atoms with van der Waals surface area (Å²) in [5.74, 6) is -0.0119. The average molecular weight is 518 g/mol. The van der Waals surface area contributed by atoms with Crippen molar-refractivity contribution in [2.24, 2.45) is 0 Å². The van der Waals surface area contributed by atoms with Crippen molar-refractivity contribution in [1.82, 2.24) is 0 Å². The summed E-state index contributed by atoms with van der Waals surface area (Å²) in [6, 6.07) is 21.9. The molecular formula is C28H32B2O8. The van der Waals surface area contributed by atoms with Gasteiger partial charge in [-0.25, -0.2) is 0 Å². The van der Waals surface area contributed by atoms with Crippen LogP contribution < -0.4 is 20.4 Å². The fraction of sp³-hybridized carbons (Fsp3) is 0.357. The van der Waals surface area contributed by atoms with Gasteiger partial charge in [0.15, 0.2) is 5.79 Å². The number of hydrogen-bond donors (Lipinski definition) is 2. The van der Waals surface area contributed by atoms with Crippen LogP contribution in [0.1, 0.15) is 30.6 Å². The number of rotatable bonds is 9. The summed E-state index contributed by atoms with van der Waals surface area (Å²) < 4.78 is 36.7. The molecular weight excluding hydrogens is 486 g/mol. The van der Waals surface area contributed by atoms with E-state index >= 15 is 0 Å². The van der Waals surface area contributed by atoms with Crippen LogP contribution >= 0.6 is 0 Å². The smallest absolute Gasteiger partial charge is 0.491 e. The third-order valence-corrected chi connectivity index (χ3v) is 7.48. The first kappa shape index (κ1) is 26.7. The van der Waals surface area contributed by atoms with Crippen molar-refractivity contribution in [3.8, 4) is 11.5 Å². The Morgan fingerprint density at radius 3 is 1.92 bits per heavy atom. The normalized spacial score (nSPS) is 22.0. The summed E-state index contributed by atoms with van der Waals surface area (Å²) in [6.45, 7) is 2.58. The van der Waals surface area contributed by atoms with E-state index in [1.807, 2.05) is 55.5 Å². The zero-order valence-corrected chi connectivity index (χ0v) is 21.8. The predicted molar refractivity (Wildman–Crippen MR) is 144 cm³/mol. The summed E-state index contributed by atoms with van der Waals surface area (Å²) in [5, 5.41) is 22.4. The Hall–Kier alpha value is -2.85. The minimum absolute atomic E-state index is 0.202. The van der Waals surface area contributed by atoms with Crippen LogP contribution in [-0.4, -0.2) is 63.1 Å². The zero-order valence-electron chi connectivity index (χ0n) is 21.8. The van der Waals surface area contributed by atoms with Gasteiger partial charge in [-0.15, -0.1) is 0 Å². The lowest BCUT2D eigenvalue weighted by atomic mass is 9.69. The van der Waals surface area contributed by atoms with E-state index in [0.29, 0.717) is 35.6 Å². The summed E-state index contributed by atoms with van der Waals surface area (Å²) >= 11 is 0. The SMILES string of the molecule is COc1ccc(OC)c2c1C[C@@](OB(O)c1ccccc1)(C1(C)OCCO1)C[C@@H]2OB(O)c1ccccc1. The van der Waals surface area contributed by atoms with Crippen LogP contribution in [0.5, 0.6) is 11.5 Å². The summed E-state index contributed by atoms with van der Waals surface area (Å²) in [5.41, 5.74) is 1.50. The topological polar surface area (TPSA) is 95.8 Å². The Labute approximate surface area is 223 Å². The number of methoxy groups -OCH3 is 2. The van der Waals surface area contributed by atoms with Gasteiger partial charge in [0, 0.05) is 24.0 Å². The van der Waals surface area contributed by atoms with E-state index in [9.17, 15) is 10.0 Å². The second kappa shape index (κ2) is 11.1. The molecule has 0 radical (unpaired) electrons. The Kier molecular flexibility index (Phi) is 7.81. The third kappa shape index (κ3) is 4.96. The second-order valence-electron chi connectivity index (χ2n) is 9.65. The van der Waals surface area contributed by atoms with E-state index < -0.39 is 31.7 Å². The highest BCUT2D eigenvalue weighted by atomic mass is 16.8. The molecule has 0 spiro atoms. The van der Waals surface area contributed by atoms with Gasteiger partial charge in [0.25, 0.3) is 0 Å². The third-order valence-electron chi connectivity index (χ3n) is 7.48. The molecule has 3 aromatic rings. The van der Waals surface area contributed by atoms with E-state index in [1.165, 1.54) is 0 Å². The zero-order chi connectivity index (χ0) is 26.8. The Bertz CT molecular complexity index is 1220. The molecule has 0 unspecified atom stereocenters. The van der Waals surface area contributed by atoms with Gasteiger partial charge in [0.2, 0.25) is 0 Å². The Morgan fingerprint density at radius 2 is 1.34 bits per heavy atom. The van der Waals surface area contributed by atoms with Gasteiger partial charge >= 0.3 is 14.2 Å². The number of fused-ring (bicyclic) bond motifs is 1. The molecule has 0 bridgehead atoms. The van der Waals surface area contributed by atoms with Crippen LogP contribution in [0.4, 0.5) is 0 Å². The van der Waals surface area contributed by atoms with Crippen molar-refractivity contribution >= 4 is 25.2 Å². The van der Waals surface area contributed by atoms with Gasteiger partial charge in [0.05, 0.1) is 33.5 Å². The molecule has 1 saturated heterocycles. The van der Waals surface area contributed by atoms with Gasteiger partial charge in [-0.3, -0.25) is 0 Å². The van der Waals surface area contributed by atoms with Crippen LogP contribution in [0.15, 0.2) is 72.8 Å². The van der Waals surface area contributed by atoms with Gasteiger partial charge in [-0.2, -0.15) is 0 Å². The molecule has 1 aliphatic heterocycles. The van der Waals surface area contributed by atoms with Crippen LogP contribution in [0.25, 0.3) is 0 Å². The van der Waals surface area contributed by atoms with E-state index in [1.54, 1.807) is 38.5 Å². The lowest BCUT2D eigenvalue weighted by molar-refractivity contribution is -0.261. The molecule has 2 atom stereocenters. The number of hydrogen-bond acceptors (Lipinski definition) is 8. The molecule has 0 aromatic heterocycles. The van der Waals surface area contributed by atoms with E-state index in [-0.39, 0.29) is 12.8 Å².